The molecule has 1 fully saturated rings. The summed E-state index contributed by atoms with van der Waals surface area (Å²) < 4.78 is 16.4. The van der Waals surface area contributed by atoms with Gasteiger partial charge in [0.1, 0.15) is 6.07 Å². The first-order chi connectivity index (χ1) is 15.7. The van der Waals surface area contributed by atoms with Crippen LogP contribution in [0.2, 0.25) is 0 Å². The van der Waals surface area contributed by atoms with Crippen LogP contribution < -0.4 is 10.2 Å². The van der Waals surface area contributed by atoms with E-state index in [4.69, 9.17) is 13.3 Å². The van der Waals surface area contributed by atoms with Crippen LogP contribution >= 0.6 is 0 Å². The number of piperidine rings is 1. The number of benzene rings is 1. The fourth-order valence-corrected chi connectivity index (χ4v) is 3.77. The minimum Gasteiger partial charge on any atom is -0.459 e. The van der Waals surface area contributed by atoms with Gasteiger partial charge in [-0.15, -0.1) is 0 Å². The SMILES string of the molecule is N#Cc1nc(-c2ccco2)oc1N1CCC(C(=O)Nc2ccc(-c3cnco3)cc2)CC1. The molecule has 160 valence electrons. The zero-order valence-electron chi connectivity index (χ0n) is 17.0. The minimum atomic E-state index is -0.127. The largest absolute Gasteiger partial charge is 0.459 e. The van der Waals surface area contributed by atoms with E-state index < -0.39 is 0 Å². The third-order valence-corrected chi connectivity index (χ3v) is 5.47. The normalized spacial score (nSPS) is 14.3. The first kappa shape index (κ1) is 19.6. The molecule has 1 N–H and O–H groups in total. The average molecular weight is 429 g/mol. The molecule has 0 unspecified atom stereocenters. The van der Waals surface area contributed by atoms with Crippen LogP contribution in [0.5, 0.6) is 0 Å². The Hall–Kier alpha value is -4.32. The lowest BCUT2D eigenvalue weighted by Crippen LogP contribution is -2.38. The number of oxazole rings is 2. The van der Waals surface area contributed by atoms with E-state index in [9.17, 15) is 10.1 Å². The predicted molar refractivity (Wildman–Crippen MR) is 114 cm³/mol. The molecule has 0 radical (unpaired) electrons. The molecule has 5 rings (SSSR count). The Morgan fingerprint density at radius 3 is 2.59 bits per heavy atom. The van der Waals surface area contributed by atoms with Gasteiger partial charge in [-0.05, 0) is 49.2 Å². The third-order valence-electron chi connectivity index (χ3n) is 5.47. The van der Waals surface area contributed by atoms with E-state index >= 15 is 0 Å². The fraction of sp³-hybridized carbons (Fsp3) is 0.217. The van der Waals surface area contributed by atoms with E-state index in [2.05, 4.69) is 21.4 Å². The van der Waals surface area contributed by atoms with Gasteiger partial charge in [0, 0.05) is 30.3 Å². The number of rotatable bonds is 5. The Morgan fingerprint density at radius 1 is 1.12 bits per heavy atom. The third kappa shape index (κ3) is 3.86. The van der Waals surface area contributed by atoms with Crippen molar-refractivity contribution >= 4 is 17.5 Å². The average Bonchev–Trinajstić information content (AvgIpc) is 3.61. The van der Waals surface area contributed by atoms with Crippen molar-refractivity contribution in [1.82, 2.24) is 9.97 Å². The van der Waals surface area contributed by atoms with Crippen molar-refractivity contribution in [2.75, 3.05) is 23.3 Å². The molecule has 4 aromatic rings. The number of anilines is 2. The molecule has 32 heavy (non-hydrogen) atoms. The van der Waals surface area contributed by atoms with Crippen molar-refractivity contribution in [3.05, 3.63) is 60.9 Å². The molecule has 9 nitrogen and oxygen atoms in total. The predicted octanol–water partition coefficient (Wildman–Crippen LogP) is 4.32. The maximum absolute atomic E-state index is 12.7. The Balaban J connectivity index is 1.20. The number of amides is 1. The molecule has 1 amide bonds. The number of carbonyl (C=O) groups is 1. The highest BCUT2D eigenvalue weighted by molar-refractivity contribution is 5.93. The maximum Gasteiger partial charge on any atom is 0.266 e. The highest BCUT2D eigenvalue weighted by Crippen LogP contribution is 2.31. The summed E-state index contributed by atoms with van der Waals surface area (Å²) in [5.41, 5.74) is 1.83. The summed E-state index contributed by atoms with van der Waals surface area (Å²) in [6, 6.07) is 13.0. The van der Waals surface area contributed by atoms with Gasteiger partial charge in [-0.3, -0.25) is 4.79 Å². The molecule has 1 saturated heterocycles. The summed E-state index contributed by atoms with van der Waals surface area (Å²) >= 11 is 0. The van der Waals surface area contributed by atoms with E-state index in [-0.39, 0.29) is 23.4 Å². The van der Waals surface area contributed by atoms with Crippen LogP contribution in [0.1, 0.15) is 18.5 Å². The molecular formula is C23H19N5O4. The molecule has 0 bridgehead atoms. The van der Waals surface area contributed by atoms with Gasteiger partial charge in [0.05, 0.1) is 12.5 Å². The van der Waals surface area contributed by atoms with E-state index in [1.165, 1.54) is 12.7 Å². The van der Waals surface area contributed by atoms with Crippen LogP contribution in [-0.2, 0) is 4.79 Å². The molecule has 4 heterocycles. The van der Waals surface area contributed by atoms with Crippen molar-refractivity contribution in [2.24, 2.45) is 5.92 Å². The van der Waals surface area contributed by atoms with Gasteiger partial charge in [0.25, 0.3) is 5.89 Å². The molecule has 3 aromatic heterocycles. The molecule has 9 heteroatoms. The standard InChI is InChI=1S/C23H19N5O4/c24-12-18-23(32-22(27-18)19-2-1-11-30-19)28-9-7-16(8-10-28)21(29)26-17-5-3-15(4-6-17)20-13-25-14-31-20/h1-6,11,13-14,16H,7-10H2,(H,26,29). The number of nitriles is 1. The molecule has 1 aliphatic heterocycles. The summed E-state index contributed by atoms with van der Waals surface area (Å²) in [6.07, 6.45) is 5.84. The van der Waals surface area contributed by atoms with Gasteiger partial charge in [-0.25, -0.2) is 4.98 Å². The van der Waals surface area contributed by atoms with Gasteiger partial charge in [-0.2, -0.15) is 10.2 Å². The maximum atomic E-state index is 12.7. The van der Waals surface area contributed by atoms with Gasteiger partial charge < -0.3 is 23.5 Å². The summed E-state index contributed by atoms with van der Waals surface area (Å²) in [6.45, 7) is 1.17. The van der Waals surface area contributed by atoms with Crippen LogP contribution in [0.4, 0.5) is 11.6 Å². The van der Waals surface area contributed by atoms with Crippen molar-refractivity contribution in [2.45, 2.75) is 12.8 Å². The topological polar surface area (TPSA) is 121 Å². The number of hydrogen-bond donors (Lipinski definition) is 1. The molecule has 1 aliphatic rings. The van der Waals surface area contributed by atoms with E-state index in [1.807, 2.05) is 29.2 Å². The molecule has 0 saturated carbocycles. The Bertz CT molecular complexity index is 1230. The van der Waals surface area contributed by atoms with Crippen molar-refractivity contribution < 1.29 is 18.0 Å². The second kappa shape index (κ2) is 8.43. The number of nitrogens with zero attached hydrogens (tertiary/aromatic N) is 4. The number of aromatic nitrogens is 2. The molecule has 0 spiro atoms. The molecule has 1 aromatic carbocycles. The van der Waals surface area contributed by atoms with Gasteiger partial charge in [-0.1, -0.05) is 0 Å². The van der Waals surface area contributed by atoms with E-state index in [0.717, 1.165) is 11.3 Å². The lowest BCUT2D eigenvalue weighted by molar-refractivity contribution is -0.120. The van der Waals surface area contributed by atoms with Crippen LogP contribution in [0, 0.1) is 17.2 Å². The van der Waals surface area contributed by atoms with Gasteiger partial charge >= 0.3 is 0 Å². The van der Waals surface area contributed by atoms with Crippen LogP contribution in [-0.4, -0.2) is 29.0 Å². The van der Waals surface area contributed by atoms with E-state index in [0.29, 0.717) is 43.3 Å². The van der Waals surface area contributed by atoms with Crippen molar-refractivity contribution in [3.8, 4) is 29.0 Å². The second-order valence-corrected chi connectivity index (χ2v) is 7.46. The number of hydrogen-bond acceptors (Lipinski definition) is 8. The number of furan rings is 1. The van der Waals surface area contributed by atoms with Crippen LogP contribution in [0.3, 0.4) is 0 Å². The Morgan fingerprint density at radius 2 is 1.94 bits per heavy atom. The van der Waals surface area contributed by atoms with Crippen LogP contribution in [0.25, 0.3) is 23.0 Å². The summed E-state index contributed by atoms with van der Waals surface area (Å²) in [5, 5.41) is 12.4. The van der Waals surface area contributed by atoms with Crippen molar-refractivity contribution in [1.29, 1.82) is 5.26 Å². The van der Waals surface area contributed by atoms with Gasteiger partial charge in [0.2, 0.25) is 17.5 Å². The smallest absolute Gasteiger partial charge is 0.266 e. The Labute approximate surface area is 183 Å². The first-order valence-corrected chi connectivity index (χ1v) is 10.2. The molecular weight excluding hydrogens is 410 g/mol. The molecule has 0 aliphatic carbocycles. The minimum absolute atomic E-state index is 0.0218. The fourth-order valence-electron chi connectivity index (χ4n) is 3.77. The highest BCUT2D eigenvalue weighted by Gasteiger charge is 2.29. The summed E-state index contributed by atoms with van der Waals surface area (Å²) in [4.78, 5) is 22.8. The number of nitrogens with one attached hydrogen (secondary N) is 1. The quantitative estimate of drug-likeness (QED) is 0.498. The number of carbonyl (C=O) groups excluding carboxylic acids is 1. The first-order valence-electron chi connectivity index (χ1n) is 10.2. The van der Waals surface area contributed by atoms with Crippen LogP contribution in [0.15, 0.2) is 68.5 Å². The highest BCUT2D eigenvalue weighted by atomic mass is 16.4. The van der Waals surface area contributed by atoms with Gasteiger partial charge in [0.15, 0.2) is 17.9 Å². The second-order valence-electron chi connectivity index (χ2n) is 7.46. The molecule has 0 atom stereocenters. The zero-order valence-corrected chi connectivity index (χ0v) is 17.0. The monoisotopic (exact) mass is 429 g/mol. The lowest BCUT2D eigenvalue weighted by atomic mass is 9.95. The van der Waals surface area contributed by atoms with E-state index in [1.54, 1.807) is 18.3 Å². The Kier molecular flexibility index (Phi) is 5.17. The summed E-state index contributed by atoms with van der Waals surface area (Å²) in [5.74, 6) is 1.69. The summed E-state index contributed by atoms with van der Waals surface area (Å²) in [7, 11) is 0. The zero-order chi connectivity index (χ0) is 21.9. The lowest BCUT2D eigenvalue weighted by Gasteiger charge is -2.30. The van der Waals surface area contributed by atoms with Crippen molar-refractivity contribution in [3.63, 3.8) is 0 Å².